The van der Waals surface area contributed by atoms with Gasteiger partial charge in [0.15, 0.2) is 0 Å². The Morgan fingerprint density at radius 1 is 1.11 bits per heavy atom. The van der Waals surface area contributed by atoms with Crippen molar-refractivity contribution in [1.82, 2.24) is 9.80 Å². The maximum absolute atomic E-state index is 13.2. The van der Waals surface area contributed by atoms with Crippen molar-refractivity contribution in [2.24, 2.45) is 0 Å². The van der Waals surface area contributed by atoms with Crippen LogP contribution in [0.25, 0.3) is 0 Å². The SMILES string of the molecule is Cc1cccc(NC(=O)CN2CCN(Cc3ccc(F)cc3Cl)CC2)c1C. The molecule has 2 aromatic rings. The Hall–Kier alpha value is -1.95. The van der Waals surface area contributed by atoms with Crippen LogP contribution in [0.4, 0.5) is 10.1 Å². The minimum absolute atomic E-state index is 0.0127. The number of carbonyl (C=O) groups is 1. The molecule has 0 spiro atoms. The lowest BCUT2D eigenvalue weighted by molar-refractivity contribution is -0.117. The molecule has 0 radical (unpaired) electrons. The number of aryl methyl sites for hydroxylation is 1. The van der Waals surface area contributed by atoms with Crippen LogP contribution in [0.1, 0.15) is 16.7 Å². The van der Waals surface area contributed by atoms with Gasteiger partial charge in [0.05, 0.1) is 6.54 Å². The third-order valence-corrected chi connectivity index (χ3v) is 5.47. The summed E-state index contributed by atoms with van der Waals surface area (Å²) in [7, 11) is 0. The zero-order valence-electron chi connectivity index (χ0n) is 15.8. The molecule has 1 saturated heterocycles. The molecule has 0 atom stereocenters. The number of carbonyl (C=O) groups excluding carboxylic acids is 1. The lowest BCUT2D eigenvalue weighted by atomic mass is 10.1. The fraction of sp³-hybridized carbons (Fsp3) is 0.381. The second kappa shape index (κ2) is 8.83. The summed E-state index contributed by atoms with van der Waals surface area (Å²) in [5.74, 6) is -0.304. The van der Waals surface area contributed by atoms with Gasteiger partial charge in [-0.1, -0.05) is 29.8 Å². The molecular formula is C21H25ClFN3O. The summed E-state index contributed by atoms with van der Waals surface area (Å²) in [6.45, 7) is 8.48. The first-order valence-electron chi connectivity index (χ1n) is 9.17. The van der Waals surface area contributed by atoms with Crippen LogP contribution in [-0.2, 0) is 11.3 Å². The van der Waals surface area contributed by atoms with Gasteiger partial charge in [-0.05, 0) is 48.7 Å². The standard InChI is InChI=1S/C21H25ClFN3O/c1-15-4-3-5-20(16(15)2)24-21(27)14-26-10-8-25(9-11-26)13-17-6-7-18(23)12-19(17)22/h3-7,12H,8-11,13-14H2,1-2H3,(H,24,27). The minimum atomic E-state index is -0.316. The number of amides is 1. The Labute approximate surface area is 164 Å². The average molecular weight is 390 g/mol. The van der Waals surface area contributed by atoms with Crippen LogP contribution in [0, 0.1) is 19.7 Å². The number of nitrogens with zero attached hydrogens (tertiary/aromatic N) is 2. The molecule has 1 fully saturated rings. The summed E-state index contributed by atoms with van der Waals surface area (Å²) >= 11 is 6.12. The zero-order chi connectivity index (χ0) is 19.4. The quantitative estimate of drug-likeness (QED) is 0.843. The topological polar surface area (TPSA) is 35.6 Å². The molecule has 2 aromatic carbocycles. The van der Waals surface area contributed by atoms with Crippen molar-refractivity contribution in [2.45, 2.75) is 20.4 Å². The molecule has 27 heavy (non-hydrogen) atoms. The maximum Gasteiger partial charge on any atom is 0.238 e. The number of rotatable bonds is 5. The van der Waals surface area contributed by atoms with E-state index in [-0.39, 0.29) is 11.7 Å². The lowest BCUT2D eigenvalue weighted by Crippen LogP contribution is -2.48. The van der Waals surface area contributed by atoms with E-state index in [0.29, 0.717) is 18.1 Å². The summed E-state index contributed by atoms with van der Waals surface area (Å²) in [4.78, 5) is 16.8. The molecule has 3 rings (SSSR count). The predicted octanol–water partition coefficient (Wildman–Crippen LogP) is 3.85. The first-order chi connectivity index (χ1) is 12.9. The van der Waals surface area contributed by atoms with Gasteiger partial charge in [-0.15, -0.1) is 0 Å². The molecule has 0 aromatic heterocycles. The Balaban J connectivity index is 1.47. The van der Waals surface area contributed by atoms with Crippen molar-refractivity contribution in [3.63, 3.8) is 0 Å². The van der Waals surface area contributed by atoms with E-state index in [4.69, 9.17) is 11.6 Å². The summed E-state index contributed by atoms with van der Waals surface area (Å²) in [5.41, 5.74) is 4.08. The predicted molar refractivity (Wildman–Crippen MR) is 108 cm³/mol. The van der Waals surface area contributed by atoms with Crippen LogP contribution in [0.15, 0.2) is 36.4 Å². The van der Waals surface area contributed by atoms with Gasteiger partial charge in [0.2, 0.25) is 5.91 Å². The molecule has 1 amide bonds. The van der Waals surface area contributed by atoms with Crippen LogP contribution in [0.3, 0.4) is 0 Å². The van der Waals surface area contributed by atoms with Crippen molar-refractivity contribution >= 4 is 23.2 Å². The zero-order valence-corrected chi connectivity index (χ0v) is 16.5. The van der Waals surface area contributed by atoms with E-state index in [0.717, 1.165) is 43.0 Å². The highest BCUT2D eigenvalue weighted by atomic mass is 35.5. The van der Waals surface area contributed by atoms with E-state index in [1.54, 1.807) is 6.07 Å². The number of piperazine rings is 1. The van der Waals surface area contributed by atoms with Crippen molar-refractivity contribution < 1.29 is 9.18 Å². The Morgan fingerprint density at radius 3 is 2.52 bits per heavy atom. The molecule has 144 valence electrons. The van der Waals surface area contributed by atoms with Gasteiger partial charge in [0.25, 0.3) is 0 Å². The number of hydrogen-bond donors (Lipinski definition) is 1. The lowest BCUT2D eigenvalue weighted by Gasteiger charge is -2.34. The van der Waals surface area contributed by atoms with Gasteiger partial charge >= 0.3 is 0 Å². The Bertz CT molecular complexity index is 819. The summed E-state index contributed by atoms with van der Waals surface area (Å²) < 4.78 is 13.2. The Kier molecular flexibility index (Phi) is 6.47. The largest absolute Gasteiger partial charge is 0.325 e. The number of hydrogen-bond acceptors (Lipinski definition) is 3. The van der Waals surface area contributed by atoms with E-state index in [2.05, 4.69) is 15.1 Å². The monoisotopic (exact) mass is 389 g/mol. The second-order valence-corrected chi connectivity index (χ2v) is 7.49. The minimum Gasteiger partial charge on any atom is -0.325 e. The van der Waals surface area contributed by atoms with Crippen LogP contribution >= 0.6 is 11.6 Å². The molecule has 0 aliphatic carbocycles. The molecule has 1 heterocycles. The number of nitrogens with one attached hydrogen (secondary N) is 1. The summed E-state index contributed by atoms with van der Waals surface area (Å²) in [6, 6.07) is 10.5. The molecular weight excluding hydrogens is 365 g/mol. The average Bonchev–Trinajstić information content (AvgIpc) is 2.63. The highest BCUT2D eigenvalue weighted by molar-refractivity contribution is 6.31. The summed E-state index contributed by atoms with van der Waals surface area (Å²) in [6.07, 6.45) is 0. The molecule has 0 unspecified atom stereocenters. The van der Waals surface area contributed by atoms with E-state index in [1.165, 1.54) is 17.7 Å². The van der Waals surface area contributed by atoms with Crippen molar-refractivity contribution in [1.29, 1.82) is 0 Å². The van der Waals surface area contributed by atoms with Gasteiger partial charge in [-0.3, -0.25) is 14.6 Å². The van der Waals surface area contributed by atoms with Gasteiger partial charge in [0, 0.05) is 43.4 Å². The molecule has 1 N–H and O–H groups in total. The van der Waals surface area contributed by atoms with Crippen LogP contribution < -0.4 is 5.32 Å². The Morgan fingerprint density at radius 2 is 1.81 bits per heavy atom. The van der Waals surface area contributed by atoms with E-state index in [9.17, 15) is 9.18 Å². The number of anilines is 1. The van der Waals surface area contributed by atoms with Crippen LogP contribution in [-0.4, -0.2) is 48.4 Å². The number of benzene rings is 2. The van der Waals surface area contributed by atoms with Crippen LogP contribution in [0.5, 0.6) is 0 Å². The van der Waals surface area contributed by atoms with Crippen LogP contribution in [0.2, 0.25) is 5.02 Å². The van der Waals surface area contributed by atoms with E-state index in [1.807, 2.05) is 32.0 Å². The van der Waals surface area contributed by atoms with Gasteiger partial charge < -0.3 is 5.32 Å². The third-order valence-electron chi connectivity index (χ3n) is 5.12. The van der Waals surface area contributed by atoms with Gasteiger partial charge in [-0.2, -0.15) is 0 Å². The molecule has 1 aliphatic rings. The van der Waals surface area contributed by atoms with Crippen molar-refractivity contribution in [2.75, 3.05) is 38.0 Å². The highest BCUT2D eigenvalue weighted by Gasteiger charge is 2.20. The number of halogens is 2. The second-order valence-electron chi connectivity index (χ2n) is 7.08. The van der Waals surface area contributed by atoms with Gasteiger partial charge in [0.1, 0.15) is 5.82 Å². The van der Waals surface area contributed by atoms with E-state index >= 15 is 0 Å². The summed E-state index contributed by atoms with van der Waals surface area (Å²) in [5, 5.41) is 3.48. The van der Waals surface area contributed by atoms with Gasteiger partial charge in [-0.25, -0.2) is 4.39 Å². The molecule has 0 bridgehead atoms. The highest BCUT2D eigenvalue weighted by Crippen LogP contribution is 2.20. The maximum atomic E-state index is 13.2. The molecule has 4 nitrogen and oxygen atoms in total. The van der Waals surface area contributed by atoms with Crippen molar-refractivity contribution in [3.8, 4) is 0 Å². The fourth-order valence-corrected chi connectivity index (χ4v) is 3.50. The normalized spacial score (nSPS) is 15.7. The van der Waals surface area contributed by atoms with E-state index < -0.39 is 0 Å². The molecule has 0 saturated carbocycles. The first kappa shape index (κ1) is 19.8. The first-order valence-corrected chi connectivity index (χ1v) is 9.55. The van der Waals surface area contributed by atoms with Crippen molar-refractivity contribution in [3.05, 3.63) is 63.9 Å². The smallest absolute Gasteiger partial charge is 0.238 e. The molecule has 6 heteroatoms. The third kappa shape index (κ3) is 5.28. The fourth-order valence-electron chi connectivity index (χ4n) is 3.28. The molecule has 1 aliphatic heterocycles.